The van der Waals surface area contributed by atoms with Gasteiger partial charge >= 0.3 is 0 Å². The number of anilines is 2. The van der Waals surface area contributed by atoms with Gasteiger partial charge in [0.15, 0.2) is 23.0 Å². The number of aryl methyl sites for hydroxylation is 1. The van der Waals surface area contributed by atoms with Gasteiger partial charge in [0.05, 0.1) is 31.2 Å². The van der Waals surface area contributed by atoms with E-state index in [-0.39, 0.29) is 42.1 Å². The molecule has 6 N–H and O–H groups in total. The summed E-state index contributed by atoms with van der Waals surface area (Å²) in [4.78, 5) is 36.3. The molecule has 2 amide bonds. The minimum atomic E-state index is -1.14. The van der Waals surface area contributed by atoms with Gasteiger partial charge < -0.3 is 36.2 Å². The Balaban J connectivity index is 1.24. The Morgan fingerprint density at radius 3 is 2.56 bits per heavy atom. The number of nitrogens with two attached hydrogens (primary N) is 1. The fraction of sp³-hybridized carbons (Fsp3) is 0.355. The minimum absolute atomic E-state index is 0.0162. The predicted molar refractivity (Wildman–Crippen MR) is 162 cm³/mol. The number of carbonyl (C=O) groups excluding carboxylic acids is 2. The number of fused-ring (bicyclic) bond motifs is 1. The molecule has 1 saturated heterocycles. The Kier molecular flexibility index (Phi) is 9.56. The summed E-state index contributed by atoms with van der Waals surface area (Å²) in [5.41, 5.74) is 7.96. The predicted octanol–water partition coefficient (Wildman–Crippen LogP) is 2.38. The summed E-state index contributed by atoms with van der Waals surface area (Å²) in [6.07, 6.45) is 3.24. The van der Waals surface area contributed by atoms with Gasteiger partial charge in [0, 0.05) is 61.3 Å². The molecule has 2 aromatic heterocycles. The van der Waals surface area contributed by atoms with Gasteiger partial charge in [-0.3, -0.25) is 14.0 Å². The maximum atomic E-state index is 14.8. The molecule has 12 nitrogen and oxygen atoms in total. The highest BCUT2D eigenvalue weighted by molar-refractivity contribution is 5.96. The number of benzene rings is 2. The third kappa shape index (κ3) is 6.57. The van der Waals surface area contributed by atoms with Crippen LogP contribution in [-0.4, -0.2) is 86.8 Å². The quantitative estimate of drug-likeness (QED) is 0.178. The molecule has 3 heterocycles. The zero-order valence-corrected chi connectivity index (χ0v) is 24.8. The Bertz CT molecular complexity index is 1710. The van der Waals surface area contributed by atoms with Crippen LogP contribution in [0.2, 0.25) is 0 Å². The molecule has 5 rings (SSSR count). The molecule has 4 aromatic rings. The van der Waals surface area contributed by atoms with Crippen LogP contribution in [0.25, 0.3) is 16.9 Å². The van der Waals surface area contributed by atoms with Crippen LogP contribution in [0.1, 0.15) is 28.8 Å². The lowest BCUT2D eigenvalue weighted by atomic mass is 9.95. The second-order valence-corrected chi connectivity index (χ2v) is 10.9. The van der Waals surface area contributed by atoms with Crippen molar-refractivity contribution in [3.05, 3.63) is 71.7 Å². The number of piperidine rings is 1. The van der Waals surface area contributed by atoms with Gasteiger partial charge in [-0.1, -0.05) is 0 Å². The first kappa shape index (κ1) is 31.8. The molecule has 0 spiro atoms. The van der Waals surface area contributed by atoms with E-state index in [0.717, 1.165) is 5.56 Å². The normalized spacial score (nSPS) is 15.1. The van der Waals surface area contributed by atoms with Gasteiger partial charge in [-0.2, -0.15) is 4.39 Å². The minimum Gasteiger partial charge on any atom is -0.494 e. The van der Waals surface area contributed by atoms with Crippen molar-refractivity contribution in [3.63, 3.8) is 0 Å². The topological polar surface area (TPSA) is 167 Å². The van der Waals surface area contributed by atoms with Crippen LogP contribution in [0.4, 0.5) is 20.3 Å². The second kappa shape index (κ2) is 13.5. The number of methoxy groups -OCH3 is 1. The van der Waals surface area contributed by atoms with Crippen LogP contribution in [0.5, 0.6) is 5.75 Å². The molecule has 45 heavy (non-hydrogen) atoms. The van der Waals surface area contributed by atoms with Crippen molar-refractivity contribution < 1.29 is 33.3 Å². The number of nitrogens with zero attached hydrogens (tertiary/aromatic N) is 4. The van der Waals surface area contributed by atoms with Crippen LogP contribution < -0.4 is 21.1 Å². The highest BCUT2D eigenvalue weighted by atomic mass is 19.2. The summed E-state index contributed by atoms with van der Waals surface area (Å²) >= 11 is 0. The van der Waals surface area contributed by atoms with Crippen molar-refractivity contribution in [1.82, 2.24) is 24.6 Å². The van der Waals surface area contributed by atoms with E-state index < -0.39 is 23.8 Å². The number of ether oxygens (including phenoxy) is 1. The van der Waals surface area contributed by atoms with E-state index in [9.17, 15) is 28.6 Å². The Morgan fingerprint density at radius 1 is 1.11 bits per heavy atom. The molecule has 14 heteroatoms. The fourth-order valence-electron chi connectivity index (χ4n) is 5.37. The highest BCUT2D eigenvalue weighted by Gasteiger charge is 2.29. The number of halogens is 2. The number of aliphatic hydroxyl groups is 2. The molecule has 1 fully saturated rings. The summed E-state index contributed by atoms with van der Waals surface area (Å²) in [6.45, 7) is 2.42. The monoisotopic (exact) mass is 623 g/mol. The lowest BCUT2D eigenvalue weighted by Gasteiger charge is -2.32. The van der Waals surface area contributed by atoms with Gasteiger partial charge in [-0.15, -0.1) is 0 Å². The first-order valence-electron chi connectivity index (χ1n) is 14.5. The number of rotatable bonds is 10. The van der Waals surface area contributed by atoms with E-state index >= 15 is 0 Å². The van der Waals surface area contributed by atoms with Crippen LogP contribution in [0, 0.1) is 24.5 Å². The molecule has 0 bridgehead atoms. The zero-order valence-electron chi connectivity index (χ0n) is 24.8. The molecular formula is C31H35F2N7O5. The maximum absolute atomic E-state index is 14.8. The van der Waals surface area contributed by atoms with E-state index in [1.807, 2.05) is 13.0 Å². The summed E-state index contributed by atoms with van der Waals surface area (Å²) in [7, 11) is 1.26. The highest BCUT2D eigenvalue weighted by Crippen LogP contribution is 2.32. The average molecular weight is 624 g/mol. The van der Waals surface area contributed by atoms with Crippen molar-refractivity contribution in [2.75, 3.05) is 38.6 Å². The van der Waals surface area contributed by atoms with E-state index in [0.29, 0.717) is 54.3 Å². The number of hydrogen-bond acceptors (Lipinski definition) is 9. The zero-order chi connectivity index (χ0) is 32.2. The largest absolute Gasteiger partial charge is 0.494 e. The Labute approximate surface area is 257 Å². The van der Waals surface area contributed by atoms with E-state index in [1.54, 1.807) is 27.6 Å². The Hall–Kier alpha value is -4.66. The summed E-state index contributed by atoms with van der Waals surface area (Å²) < 4.78 is 35.7. The van der Waals surface area contributed by atoms with Gasteiger partial charge in [0.25, 0.3) is 5.91 Å². The van der Waals surface area contributed by atoms with E-state index in [4.69, 9.17) is 10.5 Å². The standard InChI is InChI=1S/C31H35F2N7O5/c1-17-13-19(3-4-20(17)31(44)39-10-7-18(8-11-39)30(43)37-16-24(42)23(41)14-34)38-28-29-36-15-22(40(29)12-9-35-28)21-5-6-25(45-2)27(33)26(21)32/h3-6,9,12-13,15,18,23-24,41-42H,7-8,10-11,14,16,34H2,1-2H3,(H,35,38)(H,37,43). The van der Waals surface area contributed by atoms with E-state index in [1.165, 1.54) is 31.6 Å². The van der Waals surface area contributed by atoms with Gasteiger partial charge in [-0.25, -0.2) is 14.4 Å². The molecule has 0 saturated carbocycles. The second-order valence-electron chi connectivity index (χ2n) is 10.9. The third-order valence-corrected chi connectivity index (χ3v) is 8.01. The summed E-state index contributed by atoms with van der Waals surface area (Å²) in [6, 6.07) is 8.04. The van der Waals surface area contributed by atoms with Crippen molar-refractivity contribution in [3.8, 4) is 17.0 Å². The molecule has 1 aliphatic heterocycles. The van der Waals surface area contributed by atoms with E-state index in [2.05, 4.69) is 20.6 Å². The number of aromatic nitrogens is 3. The number of nitrogens with one attached hydrogen (secondary N) is 2. The van der Waals surface area contributed by atoms with Crippen LogP contribution >= 0.6 is 0 Å². The molecule has 2 aromatic carbocycles. The number of hydrogen-bond donors (Lipinski definition) is 5. The molecular weight excluding hydrogens is 588 g/mol. The smallest absolute Gasteiger partial charge is 0.254 e. The molecule has 0 aliphatic carbocycles. The first-order valence-corrected chi connectivity index (χ1v) is 14.5. The lowest BCUT2D eigenvalue weighted by Crippen LogP contribution is -2.46. The molecule has 0 radical (unpaired) electrons. The van der Waals surface area contributed by atoms with Crippen molar-refractivity contribution >= 4 is 29.0 Å². The average Bonchev–Trinajstić information content (AvgIpc) is 3.49. The van der Waals surface area contributed by atoms with Gasteiger partial charge in [0.1, 0.15) is 0 Å². The molecule has 1 aliphatic rings. The number of likely N-dealkylation sites (tertiary alicyclic amines) is 1. The van der Waals surface area contributed by atoms with Crippen LogP contribution in [0.15, 0.2) is 48.9 Å². The number of imidazole rings is 1. The molecule has 238 valence electrons. The first-order chi connectivity index (χ1) is 21.6. The molecule has 2 unspecified atom stereocenters. The number of carbonyl (C=O) groups is 2. The lowest BCUT2D eigenvalue weighted by molar-refractivity contribution is -0.127. The summed E-state index contributed by atoms with van der Waals surface area (Å²) in [5, 5.41) is 25.2. The summed E-state index contributed by atoms with van der Waals surface area (Å²) in [5.74, 6) is -2.64. The van der Waals surface area contributed by atoms with Crippen molar-refractivity contribution in [2.24, 2.45) is 11.7 Å². The van der Waals surface area contributed by atoms with Crippen LogP contribution in [-0.2, 0) is 4.79 Å². The Morgan fingerprint density at radius 2 is 1.87 bits per heavy atom. The van der Waals surface area contributed by atoms with Gasteiger partial charge in [0.2, 0.25) is 11.7 Å². The SMILES string of the molecule is COc1ccc(-c2cnc3c(Nc4ccc(C(=O)N5CCC(C(=O)NCC(O)C(O)CN)CC5)c(C)c4)nccn23)c(F)c1F. The number of amides is 2. The van der Waals surface area contributed by atoms with Crippen LogP contribution in [0.3, 0.4) is 0 Å². The maximum Gasteiger partial charge on any atom is 0.254 e. The number of aliphatic hydroxyl groups excluding tert-OH is 2. The van der Waals surface area contributed by atoms with Crippen molar-refractivity contribution in [1.29, 1.82) is 0 Å². The van der Waals surface area contributed by atoms with Crippen molar-refractivity contribution in [2.45, 2.75) is 32.0 Å². The third-order valence-electron chi connectivity index (χ3n) is 8.01. The fourth-order valence-corrected chi connectivity index (χ4v) is 5.37. The van der Waals surface area contributed by atoms with Gasteiger partial charge in [-0.05, 0) is 55.7 Å². The molecule has 2 atom stereocenters.